The maximum absolute atomic E-state index is 13.2. The molecule has 1 amide bonds. The van der Waals surface area contributed by atoms with E-state index in [0.717, 1.165) is 24.4 Å². The average Bonchev–Trinajstić information content (AvgIpc) is 3.71. The molecule has 206 valence electrons. The normalized spacial score (nSPS) is 17.8. The van der Waals surface area contributed by atoms with E-state index in [1.165, 1.54) is 17.2 Å². The number of H-pyrrole nitrogens is 1. The third-order valence-corrected chi connectivity index (χ3v) is 7.19. The van der Waals surface area contributed by atoms with Crippen LogP contribution in [0, 0.1) is 0 Å². The van der Waals surface area contributed by atoms with Gasteiger partial charge in [-0.05, 0) is 55.0 Å². The van der Waals surface area contributed by atoms with Crippen LogP contribution in [0.3, 0.4) is 0 Å². The van der Waals surface area contributed by atoms with E-state index in [4.69, 9.17) is 0 Å². The minimum absolute atomic E-state index is 0.114. The molecule has 1 aliphatic heterocycles. The molecule has 13 heteroatoms. The average molecular weight is 552 g/mol. The molecule has 7 nitrogen and oxygen atoms in total. The molecule has 5 rings (SSSR count). The third kappa shape index (κ3) is 5.14. The number of hydrogen-bond donors (Lipinski definition) is 2. The Morgan fingerprint density at radius 3 is 2.44 bits per heavy atom. The molecule has 0 spiro atoms. The number of aliphatic hydroxyl groups is 1. The Morgan fingerprint density at radius 1 is 1.05 bits per heavy atom. The lowest BCUT2D eigenvalue weighted by Gasteiger charge is -2.24. The SMILES string of the molecule is O=C([C@H](O)c1cccc(C(F)(F)F)c1)N1CCCc2nc(C3(c4cncc(C(F)(F)F)c4)CC3)[nH]c(=O)c2C1. The number of aryl methyl sites for hydroxylation is 1. The molecule has 2 N–H and O–H groups in total. The number of benzene rings is 1. The van der Waals surface area contributed by atoms with Crippen molar-refractivity contribution in [2.45, 2.75) is 56.1 Å². The van der Waals surface area contributed by atoms with Crippen LogP contribution in [0.1, 0.15) is 64.7 Å². The summed E-state index contributed by atoms with van der Waals surface area (Å²) < 4.78 is 78.9. The first-order valence-corrected chi connectivity index (χ1v) is 12.1. The van der Waals surface area contributed by atoms with Gasteiger partial charge in [0.25, 0.3) is 11.5 Å². The van der Waals surface area contributed by atoms with E-state index in [2.05, 4.69) is 15.0 Å². The number of alkyl halides is 6. The molecule has 1 atom stereocenters. The number of rotatable bonds is 4. The number of aromatic nitrogens is 3. The Kier molecular flexibility index (Phi) is 6.52. The number of nitrogens with zero attached hydrogens (tertiary/aromatic N) is 3. The van der Waals surface area contributed by atoms with Crippen molar-refractivity contribution in [3.05, 3.63) is 92.4 Å². The van der Waals surface area contributed by atoms with E-state index < -0.39 is 46.5 Å². The molecule has 39 heavy (non-hydrogen) atoms. The zero-order chi connectivity index (χ0) is 28.2. The summed E-state index contributed by atoms with van der Waals surface area (Å²) in [4.78, 5) is 38.3. The maximum Gasteiger partial charge on any atom is 0.417 e. The van der Waals surface area contributed by atoms with E-state index in [1.807, 2.05) is 0 Å². The molecule has 0 unspecified atom stereocenters. The van der Waals surface area contributed by atoms with Crippen LogP contribution in [0.2, 0.25) is 0 Å². The van der Waals surface area contributed by atoms with Gasteiger partial charge < -0.3 is 15.0 Å². The summed E-state index contributed by atoms with van der Waals surface area (Å²) in [7, 11) is 0. The van der Waals surface area contributed by atoms with Crippen LogP contribution in [0.15, 0.2) is 47.5 Å². The summed E-state index contributed by atoms with van der Waals surface area (Å²) in [5.41, 5.74) is -2.81. The van der Waals surface area contributed by atoms with Crippen molar-refractivity contribution < 1.29 is 36.2 Å². The number of aromatic amines is 1. The van der Waals surface area contributed by atoms with Gasteiger partial charge in [-0.25, -0.2) is 4.98 Å². The Bertz CT molecular complexity index is 1480. The first kappa shape index (κ1) is 26.9. The standard InChI is InChI=1S/C26H22F6N4O3/c27-25(28,29)15-4-1-3-14(9-15)20(37)22(39)36-8-2-5-19-18(13-36)21(38)35-23(34-19)24(6-7-24)16-10-17(12-33-11-16)26(30,31)32/h1,3-4,9-12,20,37H,2,5-8,13H2,(H,34,35,38)/t20-/m1/s1. The van der Waals surface area contributed by atoms with Crippen LogP contribution in [0.25, 0.3) is 0 Å². The second-order valence-electron chi connectivity index (χ2n) is 9.77. The molecule has 3 aromatic rings. The monoisotopic (exact) mass is 552 g/mol. The highest BCUT2D eigenvalue weighted by Gasteiger charge is 2.50. The van der Waals surface area contributed by atoms with Gasteiger partial charge in [0.1, 0.15) is 5.82 Å². The van der Waals surface area contributed by atoms with Gasteiger partial charge in [-0.3, -0.25) is 14.6 Å². The number of fused-ring (bicyclic) bond motifs is 1. The summed E-state index contributed by atoms with van der Waals surface area (Å²) in [5, 5.41) is 10.6. The molecule has 0 saturated heterocycles. The zero-order valence-electron chi connectivity index (χ0n) is 20.2. The van der Waals surface area contributed by atoms with Crippen LogP contribution in [0.5, 0.6) is 0 Å². The molecule has 0 radical (unpaired) electrons. The van der Waals surface area contributed by atoms with Gasteiger partial charge in [0.05, 0.1) is 34.3 Å². The minimum Gasteiger partial charge on any atom is -0.378 e. The number of amides is 1. The highest BCUT2D eigenvalue weighted by molar-refractivity contribution is 5.82. The van der Waals surface area contributed by atoms with E-state index in [9.17, 15) is 41.0 Å². The molecule has 1 aromatic carbocycles. The zero-order valence-corrected chi connectivity index (χ0v) is 20.2. The Hall–Kier alpha value is -3.74. The molecule has 1 fully saturated rings. The van der Waals surface area contributed by atoms with E-state index in [0.29, 0.717) is 31.0 Å². The van der Waals surface area contributed by atoms with E-state index in [-0.39, 0.29) is 42.0 Å². The van der Waals surface area contributed by atoms with Gasteiger partial charge in [0, 0.05) is 18.9 Å². The topological polar surface area (TPSA) is 99.2 Å². The van der Waals surface area contributed by atoms with Crippen molar-refractivity contribution in [1.82, 2.24) is 19.9 Å². The lowest BCUT2D eigenvalue weighted by molar-refractivity contribution is -0.142. The highest BCUT2D eigenvalue weighted by atomic mass is 19.4. The fourth-order valence-electron chi connectivity index (χ4n) is 4.88. The molecule has 1 saturated carbocycles. The molecular formula is C26H22F6N4O3. The van der Waals surface area contributed by atoms with Gasteiger partial charge in [0.15, 0.2) is 6.10 Å². The predicted octanol–water partition coefficient (Wildman–Crippen LogP) is 4.29. The van der Waals surface area contributed by atoms with Crippen molar-refractivity contribution in [3.63, 3.8) is 0 Å². The molecular weight excluding hydrogens is 530 g/mol. The van der Waals surface area contributed by atoms with Gasteiger partial charge >= 0.3 is 12.4 Å². The summed E-state index contributed by atoms with van der Waals surface area (Å²) in [6.07, 6.45) is -7.49. The van der Waals surface area contributed by atoms with E-state index in [1.54, 1.807) is 0 Å². The number of aliphatic hydroxyl groups excluding tert-OH is 1. The van der Waals surface area contributed by atoms with Gasteiger partial charge in [-0.1, -0.05) is 12.1 Å². The van der Waals surface area contributed by atoms with Gasteiger partial charge in [-0.2, -0.15) is 26.3 Å². The van der Waals surface area contributed by atoms with Crippen LogP contribution < -0.4 is 5.56 Å². The third-order valence-electron chi connectivity index (χ3n) is 7.19. The Labute approximate surface area is 217 Å². The number of nitrogens with one attached hydrogen (secondary N) is 1. The molecule has 0 bridgehead atoms. The van der Waals surface area contributed by atoms with Crippen LogP contribution in [-0.4, -0.2) is 37.4 Å². The fraction of sp³-hybridized carbons (Fsp3) is 0.385. The lowest BCUT2D eigenvalue weighted by Crippen LogP contribution is -2.36. The summed E-state index contributed by atoms with van der Waals surface area (Å²) in [6, 6.07) is 4.83. The maximum atomic E-state index is 13.2. The van der Waals surface area contributed by atoms with Crippen molar-refractivity contribution in [3.8, 4) is 0 Å². The predicted molar refractivity (Wildman–Crippen MR) is 124 cm³/mol. The largest absolute Gasteiger partial charge is 0.417 e. The van der Waals surface area contributed by atoms with Gasteiger partial charge in [0.2, 0.25) is 0 Å². The van der Waals surface area contributed by atoms with E-state index >= 15 is 0 Å². The second kappa shape index (κ2) is 9.47. The smallest absolute Gasteiger partial charge is 0.378 e. The van der Waals surface area contributed by atoms with Crippen LogP contribution >= 0.6 is 0 Å². The summed E-state index contributed by atoms with van der Waals surface area (Å²) in [6.45, 7) is -0.117. The minimum atomic E-state index is -4.65. The number of carbonyl (C=O) groups excluding carboxylic acids is 1. The van der Waals surface area contributed by atoms with Crippen LogP contribution in [0.4, 0.5) is 26.3 Å². The highest BCUT2D eigenvalue weighted by Crippen LogP contribution is 2.52. The summed E-state index contributed by atoms with van der Waals surface area (Å²) in [5.74, 6) is -0.643. The van der Waals surface area contributed by atoms with Gasteiger partial charge in [-0.15, -0.1) is 0 Å². The van der Waals surface area contributed by atoms with Crippen molar-refractivity contribution >= 4 is 5.91 Å². The molecule has 2 aliphatic rings. The van der Waals surface area contributed by atoms with Crippen LogP contribution in [-0.2, 0) is 35.5 Å². The molecule has 2 aromatic heterocycles. The molecule has 3 heterocycles. The molecule has 1 aliphatic carbocycles. The first-order chi connectivity index (χ1) is 18.3. The lowest BCUT2D eigenvalue weighted by atomic mass is 9.95. The Balaban J connectivity index is 1.41. The Morgan fingerprint density at radius 2 is 1.77 bits per heavy atom. The first-order valence-electron chi connectivity index (χ1n) is 12.1. The number of hydrogen-bond acceptors (Lipinski definition) is 5. The fourth-order valence-corrected chi connectivity index (χ4v) is 4.88. The summed E-state index contributed by atoms with van der Waals surface area (Å²) >= 11 is 0. The quantitative estimate of drug-likeness (QED) is 0.471. The van der Waals surface area contributed by atoms with Crippen molar-refractivity contribution in [1.29, 1.82) is 0 Å². The second-order valence-corrected chi connectivity index (χ2v) is 9.77. The number of halogens is 6. The van der Waals surface area contributed by atoms with Crippen molar-refractivity contribution in [2.24, 2.45) is 0 Å². The van der Waals surface area contributed by atoms with Crippen molar-refractivity contribution in [2.75, 3.05) is 6.54 Å². The number of pyridine rings is 1. The number of carbonyl (C=O) groups is 1.